The Morgan fingerprint density at radius 3 is 2.94 bits per heavy atom. The lowest BCUT2D eigenvalue weighted by molar-refractivity contribution is -0.0288. The van der Waals surface area contributed by atoms with E-state index >= 15 is 0 Å². The smallest absolute Gasteiger partial charge is 0.0580 e. The van der Waals surface area contributed by atoms with Crippen molar-refractivity contribution in [3.8, 4) is 0 Å². The molecule has 0 radical (unpaired) electrons. The van der Waals surface area contributed by atoms with E-state index in [0.717, 1.165) is 12.5 Å². The molecule has 0 aliphatic heterocycles. The number of nitrogens with one attached hydrogen (secondary N) is 1. The normalized spacial score (nSPS) is 26.4. The molecule has 2 rings (SSSR count). The molecule has 90 valence electrons. The first-order valence-electron chi connectivity index (χ1n) is 6.15. The summed E-state index contributed by atoms with van der Waals surface area (Å²) in [6.45, 7) is 2.94. The van der Waals surface area contributed by atoms with Crippen molar-refractivity contribution < 1.29 is 4.74 Å². The molecule has 0 saturated heterocycles. The summed E-state index contributed by atoms with van der Waals surface area (Å²) in [5.74, 6) is 0.844. The van der Waals surface area contributed by atoms with Crippen molar-refractivity contribution in [1.82, 2.24) is 5.32 Å². The first-order valence-corrected chi connectivity index (χ1v) is 7.03. The minimum absolute atomic E-state index is 0.535. The van der Waals surface area contributed by atoms with Crippen LogP contribution in [-0.4, -0.2) is 19.8 Å². The van der Waals surface area contributed by atoms with Gasteiger partial charge in [0.25, 0.3) is 0 Å². The first-order chi connectivity index (χ1) is 7.83. The maximum atomic E-state index is 5.60. The van der Waals surface area contributed by atoms with E-state index in [1.807, 2.05) is 11.3 Å². The van der Waals surface area contributed by atoms with Crippen LogP contribution in [0.3, 0.4) is 0 Å². The largest absolute Gasteiger partial charge is 0.378 e. The standard InChI is InChI=1S/C13H21NOS/c1-3-15-11-7-10(8-11)9-12(14-2)13-5-4-6-16-13/h4-6,10-12,14H,3,7-9H2,1-2H3. The van der Waals surface area contributed by atoms with Gasteiger partial charge in [0.05, 0.1) is 6.10 Å². The van der Waals surface area contributed by atoms with Gasteiger partial charge in [-0.3, -0.25) is 0 Å². The summed E-state index contributed by atoms with van der Waals surface area (Å²) in [4.78, 5) is 1.46. The van der Waals surface area contributed by atoms with Crippen molar-refractivity contribution in [2.24, 2.45) is 5.92 Å². The van der Waals surface area contributed by atoms with Crippen LogP contribution in [0, 0.1) is 5.92 Å². The highest BCUT2D eigenvalue weighted by Crippen LogP contribution is 2.37. The van der Waals surface area contributed by atoms with Gasteiger partial charge in [-0.25, -0.2) is 0 Å². The fourth-order valence-corrected chi connectivity index (χ4v) is 3.29. The average molecular weight is 239 g/mol. The van der Waals surface area contributed by atoms with Gasteiger partial charge in [0, 0.05) is 17.5 Å². The van der Waals surface area contributed by atoms with Crippen LogP contribution >= 0.6 is 11.3 Å². The number of hydrogen-bond acceptors (Lipinski definition) is 3. The molecule has 2 nitrogen and oxygen atoms in total. The predicted molar refractivity (Wildman–Crippen MR) is 68.9 cm³/mol. The van der Waals surface area contributed by atoms with E-state index in [1.54, 1.807) is 0 Å². The van der Waals surface area contributed by atoms with Crippen LogP contribution in [0.1, 0.15) is 37.1 Å². The number of ether oxygens (including phenoxy) is 1. The third-order valence-electron chi connectivity index (χ3n) is 3.40. The summed E-state index contributed by atoms with van der Waals surface area (Å²) in [5, 5.41) is 5.58. The molecule has 0 spiro atoms. The lowest BCUT2D eigenvalue weighted by atomic mass is 9.78. The number of hydrogen-bond donors (Lipinski definition) is 1. The molecule has 0 amide bonds. The monoisotopic (exact) mass is 239 g/mol. The summed E-state index contributed by atoms with van der Waals surface area (Å²) in [5.41, 5.74) is 0. The molecule has 0 bridgehead atoms. The van der Waals surface area contributed by atoms with Gasteiger partial charge in [-0.2, -0.15) is 0 Å². The van der Waals surface area contributed by atoms with Crippen LogP contribution in [0.5, 0.6) is 0 Å². The Kier molecular flexibility index (Phi) is 4.38. The van der Waals surface area contributed by atoms with Crippen LogP contribution in [0.25, 0.3) is 0 Å². The highest BCUT2D eigenvalue weighted by Gasteiger charge is 2.31. The predicted octanol–water partition coefficient (Wildman–Crippen LogP) is 3.21. The van der Waals surface area contributed by atoms with Crippen molar-refractivity contribution in [1.29, 1.82) is 0 Å². The average Bonchev–Trinajstić information content (AvgIpc) is 2.74. The van der Waals surface area contributed by atoms with E-state index in [9.17, 15) is 0 Å². The van der Waals surface area contributed by atoms with Gasteiger partial charge >= 0.3 is 0 Å². The molecule has 1 N–H and O–H groups in total. The Morgan fingerprint density at radius 1 is 1.56 bits per heavy atom. The second-order valence-electron chi connectivity index (χ2n) is 4.51. The van der Waals surface area contributed by atoms with Gasteiger partial charge in [0.15, 0.2) is 0 Å². The lowest BCUT2D eigenvalue weighted by Crippen LogP contribution is -2.34. The Balaban J connectivity index is 1.77. The third-order valence-corrected chi connectivity index (χ3v) is 4.38. The summed E-state index contributed by atoms with van der Waals surface area (Å²) in [7, 11) is 2.06. The first kappa shape index (κ1) is 12.1. The maximum Gasteiger partial charge on any atom is 0.0580 e. The van der Waals surface area contributed by atoms with E-state index < -0.39 is 0 Å². The molecule has 1 aromatic rings. The van der Waals surface area contributed by atoms with Crippen molar-refractivity contribution in [3.05, 3.63) is 22.4 Å². The van der Waals surface area contributed by atoms with Gasteiger partial charge < -0.3 is 10.1 Å². The fraction of sp³-hybridized carbons (Fsp3) is 0.692. The molecule has 16 heavy (non-hydrogen) atoms. The summed E-state index contributed by atoms with van der Waals surface area (Å²) < 4.78 is 5.60. The Morgan fingerprint density at radius 2 is 2.38 bits per heavy atom. The van der Waals surface area contributed by atoms with E-state index in [0.29, 0.717) is 12.1 Å². The Labute approximate surface area is 102 Å². The maximum absolute atomic E-state index is 5.60. The third kappa shape index (κ3) is 2.84. The van der Waals surface area contributed by atoms with Gasteiger partial charge in [-0.15, -0.1) is 11.3 Å². The van der Waals surface area contributed by atoms with Gasteiger partial charge in [0.2, 0.25) is 0 Å². The van der Waals surface area contributed by atoms with Crippen LogP contribution in [0.15, 0.2) is 17.5 Å². The number of rotatable bonds is 6. The second-order valence-corrected chi connectivity index (χ2v) is 5.49. The van der Waals surface area contributed by atoms with Crippen LogP contribution in [-0.2, 0) is 4.74 Å². The van der Waals surface area contributed by atoms with Crippen molar-refractivity contribution >= 4 is 11.3 Å². The van der Waals surface area contributed by atoms with Gasteiger partial charge in [-0.1, -0.05) is 6.07 Å². The molecule has 1 aliphatic rings. The van der Waals surface area contributed by atoms with Crippen LogP contribution in [0.4, 0.5) is 0 Å². The van der Waals surface area contributed by atoms with E-state index in [-0.39, 0.29) is 0 Å². The van der Waals surface area contributed by atoms with Crippen molar-refractivity contribution in [3.63, 3.8) is 0 Å². The topological polar surface area (TPSA) is 21.3 Å². The molecule has 1 heterocycles. The van der Waals surface area contributed by atoms with E-state index in [2.05, 4.69) is 36.8 Å². The molecule has 1 atom stereocenters. The molecule has 3 heteroatoms. The molecule has 0 aromatic carbocycles. The number of thiophene rings is 1. The van der Waals surface area contributed by atoms with Crippen LogP contribution < -0.4 is 5.32 Å². The quantitative estimate of drug-likeness (QED) is 0.823. The SMILES string of the molecule is CCOC1CC(CC(NC)c2cccs2)C1. The minimum atomic E-state index is 0.535. The molecule has 1 saturated carbocycles. The minimum Gasteiger partial charge on any atom is -0.378 e. The molecular formula is C13H21NOS. The molecule has 1 aliphatic carbocycles. The lowest BCUT2D eigenvalue weighted by Gasteiger charge is -2.36. The Hall–Kier alpha value is -0.380. The molecule has 1 aromatic heterocycles. The Bertz CT molecular complexity index is 293. The van der Waals surface area contributed by atoms with Crippen LogP contribution in [0.2, 0.25) is 0 Å². The zero-order chi connectivity index (χ0) is 11.4. The highest BCUT2D eigenvalue weighted by atomic mass is 32.1. The van der Waals surface area contributed by atoms with Gasteiger partial charge in [0.1, 0.15) is 0 Å². The van der Waals surface area contributed by atoms with Crippen molar-refractivity contribution in [2.45, 2.75) is 38.3 Å². The summed E-state index contributed by atoms with van der Waals surface area (Å²) in [6, 6.07) is 4.89. The summed E-state index contributed by atoms with van der Waals surface area (Å²) in [6.07, 6.45) is 4.28. The van der Waals surface area contributed by atoms with E-state index in [4.69, 9.17) is 4.74 Å². The highest BCUT2D eigenvalue weighted by molar-refractivity contribution is 7.10. The zero-order valence-corrected chi connectivity index (χ0v) is 10.9. The molecule has 1 fully saturated rings. The van der Waals surface area contributed by atoms with Crippen molar-refractivity contribution in [2.75, 3.05) is 13.7 Å². The zero-order valence-electron chi connectivity index (χ0n) is 10.1. The summed E-state index contributed by atoms with van der Waals surface area (Å²) >= 11 is 1.85. The molecular weight excluding hydrogens is 218 g/mol. The second kappa shape index (κ2) is 5.80. The van der Waals surface area contributed by atoms with E-state index in [1.165, 1.54) is 24.1 Å². The fourth-order valence-electron chi connectivity index (χ4n) is 2.44. The van der Waals surface area contributed by atoms with Gasteiger partial charge in [-0.05, 0) is 50.6 Å². The molecule has 1 unspecified atom stereocenters.